The van der Waals surface area contributed by atoms with Gasteiger partial charge in [0.25, 0.3) is 0 Å². The van der Waals surface area contributed by atoms with Crippen LogP contribution in [-0.4, -0.2) is 29.3 Å². The molecule has 1 aromatic heterocycles. The number of nitrogens with one attached hydrogen (secondary N) is 1. The number of benzene rings is 2. The molecule has 0 aliphatic heterocycles. The van der Waals surface area contributed by atoms with E-state index >= 15 is 0 Å². The Labute approximate surface area is 145 Å². The Morgan fingerprint density at radius 3 is 2.33 bits per heavy atom. The fraction of sp³-hybridized carbons (Fsp3) is 0.222. The van der Waals surface area contributed by atoms with Gasteiger partial charge >= 0.3 is 0 Å². The summed E-state index contributed by atoms with van der Waals surface area (Å²) in [5.74, 6) is 1.34. The van der Waals surface area contributed by atoms with Crippen molar-refractivity contribution in [3.8, 4) is 0 Å². The van der Waals surface area contributed by atoms with Gasteiger partial charge in [-0.05, 0) is 35.4 Å². The minimum Gasteiger partial charge on any atom is -0.378 e. The molecular weight excluding hydrogens is 323 g/mol. The standard InChI is InChI=1S/C18H19FN4S/c1-23(2)16-9-5-13(6-10-16)11-17-20-18(22-21-17)24-12-14-3-7-15(19)8-4-14/h3-10H,11-12H2,1-2H3,(H,20,21,22). The second-order valence-corrected chi connectivity index (χ2v) is 6.66. The Hall–Kier alpha value is -2.34. The molecular formula is C18H19FN4S. The quantitative estimate of drug-likeness (QED) is 0.690. The number of H-pyrrole nitrogens is 1. The first kappa shape index (κ1) is 16.5. The van der Waals surface area contributed by atoms with Crippen molar-refractivity contribution >= 4 is 17.4 Å². The Morgan fingerprint density at radius 1 is 1.00 bits per heavy atom. The van der Waals surface area contributed by atoms with E-state index in [0.29, 0.717) is 5.16 Å². The number of aromatic nitrogens is 3. The SMILES string of the molecule is CN(C)c1ccc(Cc2nc(SCc3ccc(F)cc3)n[nH]2)cc1. The summed E-state index contributed by atoms with van der Waals surface area (Å²) in [7, 11) is 4.05. The lowest BCUT2D eigenvalue weighted by molar-refractivity contribution is 0.627. The topological polar surface area (TPSA) is 44.8 Å². The van der Waals surface area contributed by atoms with Crippen LogP contribution in [0.15, 0.2) is 53.7 Å². The molecule has 3 aromatic rings. The largest absolute Gasteiger partial charge is 0.378 e. The van der Waals surface area contributed by atoms with E-state index in [9.17, 15) is 4.39 Å². The summed E-state index contributed by atoms with van der Waals surface area (Å²) < 4.78 is 12.9. The molecule has 0 spiro atoms. The van der Waals surface area contributed by atoms with Gasteiger partial charge in [0, 0.05) is 32.0 Å². The predicted octanol–water partition coefficient (Wildman–Crippen LogP) is 3.89. The van der Waals surface area contributed by atoms with Crippen molar-refractivity contribution in [1.82, 2.24) is 15.2 Å². The van der Waals surface area contributed by atoms with Crippen LogP contribution in [0, 0.1) is 5.82 Å². The first-order valence-electron chi connectivity index (χ1n) is 7.65. The van der Waals surface area contributed by atoms with Gasteiger partial charge < -0.3 is 4.90 Å². The maximum atomic E-state index is 12.9. The van der Waals surface area contributed by atoms with Crippen molar-refractivity contribution in [3.63, 3.8) is 0 Å². The minimum atomic E-state index is -0.218. The van der Waals surface area contributed by atoms with Crippen molar-refractivity contribution in [1.29, 1.82) is 0 Å². The lowest BCUT2D eigenvalue weighted by Crippen LogP contribution is -2.08. The lowest BCUT2D eigenvalue weighted by Gasteiger charge is -2.12. The van der Waals surface area contributed by atoms with Crippen LogP contribution in [0.1, 0.15) is 17.0 Å². The van der Waals surface area contributed by atoms with E-state index in [2.05, 4.69) is 44.3 Å². The zero-order valence-electron chi connectivity index (χ0n) is 13.7. The van der Waals surface area contributed by atoms with Crippen molar-refractivity contribution < 1.29 is 4.39 Å². The maximum absolute atomic E-state index is 12.9. The number of hydrogen-bond acceptors (Lipinski definition) is 4. The molecule has 0 fully saturated rings. The van der Waals surface area contributed by atoms with Gasteiger partial charge in [-0.25, -0.2) is 9.37 Å². The summed E-state index contributed by atoms with van der Waals surface area (Å²) in [6.45, 7) is 0. The maximum Gasteiger partial charge on any atom is 0.208 e. The molecule has 0 unspecified atom stereocenters. The first-order chi connectivity index (χ1) is 11.6. The van der Waals surface area contributed by atoms with Crippen LogP contribution in [0.5, 0.6) is 0 Å². The number of hydrogen-bond donors (Lipinski definition) is 1. The van der Waals surface area contributed by atoms with E-state index in [0.717, 1.165) is 23.6 Å². The number of anilines is 1. The second kappa shape index (κ2) is 7.49. The van der Waals surface area contributed by atoms with E-state index in [1.165, 1.54) is 35.1 Å². The highest BCUT2D eigenvalue weighted by Crippen LogP contribution is 2.20. The summed E-state index contributed by atoms with van der Waals surface area (Å²) in [5.41, 5.74) is 3.41. The molecule has 0 saturated carbocycles. The first-order valence-corrected chi connectivity index (χ1v) is 8.63. The normalized spacial score (nSPS) is 10.8. The smallest absolute Gasteiger partial charge is 0.208 e. The van der Waals surface area contributed by atoms with Crippen molar-refractivity contribution in [2.24, 2.45) is 0 Å². The highest BCUT2D eigenvalue weighted by atomic mass is 32.2. The Balaban J connectivity index is 1.57. The van der Waals surface area contributed by atoms with Gasteiger partial charge in [0.15, 0.2) is 0 Å². The van der Waals surface area contributed by atoms with E-state index in [1.54, 1.807) is 12.1 Å². The number of nitrogens with zero attached hydrogens (tertiary/aromatic N) is 3. The molecule has 1 heterocycles. The lowest BCUT2D eigenvalue weighted by atomic mass is 10.1. The van der Waals surface area contributed by atoms with Gasteiger partial charge in [0.1, 0.15) is 11.6 Å². The van der Waals surface area contributed by atoms with Crippen LogP contribution in [0.4, 0.5) is 10.1 Å². The van der Waals surface area contributed by atoms with Crippen LogP contribution in [0.3, 0.4) is 0 Å². The molecule has 1 N–H and O–H groups in total. The van der Waals surface area contributed by atoms with E-state index in [1.807, 2.05) is 14.1 Å². The van der Waals surface area contributed by atoms with Gasteiger partial charge in [-0.2, -0.15) is 0 Å². The average Bonchev–Trinajstić information content (AvgIpc) is 3.02. The number of aromatic amines is 1. The molecule has 2 aromatic carbocycles. The van der Waals surface area contributed by atoms with E-state index in [-0.39, 0.29) is 5.82 Å². The van der Waals surface area contributed by atoms with Crippen LogP contribution in [0.2, 0.25) is 0 Å². The number of halogens is 1. The third-order valence-electron chi connectivity index (χ3n) is 3.62. The molecule has 6 heteroatoms. The van der Waals surface area contributed by atoms with Gasteiger partial charge in [-0.1, -0.05) is 36.0 Å². The molecule has 4 nitrogen and oxygen atoms in total. The third kappa shape index (κ3) is 4.35. The van der Waals surface area contributed by atoms with Crippen molar-refractivity contribution in [2.45, 2.75) is 17.3 Å². The summed E-state index contributed by atoms with van der Waals surface area (Å²) >= 11 is 1.53. The van der Waals surface area contributed by atoms with Gasteiger partial charge in [-0.15, -0.1) is 5.10 Å². The molecule has 124 valence electrons. The highest BCUT2D eigenvalue weighted by Gasteiger charge is 2.06. The second-order valence-electron chi connectivity index (χ2n) is 5.72. The van der Waals surface area contributed by atoms with Crippen molar-refractivity contribution in [2.75, 3.05) is 19.0 Å². The van der Waals surface area contributed by atoms with Crippen LogP contribution < -0.4 is 4.90 Å². The minimum absolute atomic E-state index is 0.218. The fourth-order valence-electron chi connectivity index (χ4n) is 2.26. The van der Waals surface area contributed by atoms with Gasteiger partial charge in [-0.3, -0.25) is 5.10 Å². The van der Waals surface area contributed by atoms with Gasteiger partial charge in [0.05, 0.1) is 0 Å². The zero-order valence-corrected chi connectivity index (χ0v) is 14.5. The molecule has 0 amide bonds. The number of thioether (sulfide) groups is 1. The molecule has 3 rings (SSSR count). The Bertz CT molecular complexity index is 782. The summed E-state index contributed by atoms with van der Waals surface area (Å²) in [6.07, 6.45) is 0.720. The zero-order chi connectivity index (χ0) is 16.9. The van der Waals surface area contributed by atoms with Crippen molar-refractivity contribution in [3.05, 3.63) is 71.3 Å². The molecule has 0 bridgehead atoms. The van der Waals surface area contributed by atoms with Gasteiger partial charge in [0.2, 0.25) is 5.16 Å². The van der Waals surface area contributed by atoms with Crippen LogP contribution in [-0.2, 0) is 12.2 Å². The molecule has 0 saturated heterocycles. The predicted molar refractivity (Wildman–Crippen MR) is 95.9 cm³/mol. The molecule has 24 heavy (non-hydrogen) atoms. The Kier molecular flexibility index (Phi) is 5.15. The fourth-order valence-corrected chi connectivity index (χ4v) is 3.03. The number of rotatable bonds is 6. The summed E-state index contributed by atoms with van der Waals surface area (Å²) in [4.78, 5) is 6.58. The average molecular weight is 342 g/mol. The van der Waals surface area contributed by atoms with Crippen LogP contribution in [0.25, 0.3) is 0 Å². The summed E-state index contributed by atoms with van der Waals surface area (Å²) in [6, 6.07) is 14.9. The highest BCUT2D eigenvalue weighted by molar-refractivity contribution is 7.98. The molecule has 0 aliphatic rings. The monoisotopic (exact) mass is 342 g/mol. The van der Waals surface area contributed by atoms with E-state index < -0.39 is 0 Å². The molecule has 0 atom stereocenters. The van der Waals surface area contributed by atoms with E-state index in [4.69, 9.17) is 0 Å². The third-order valence-corrected chi connectivity index (χ3v) is 4.54. The Morgan fingerprint density at radius 2 is 1.67 bits per heavy atom. The van der Waals surface area contributed by atoms with Crippen LogP contribution >= 0.6 is 11.8 Å². The molecule has 0 aliphatic carbocycles. The summed E-state index contributed by atoms with van der Waals surface area (Å²) in [5, 5.41) is 7.93. The molecule has 0 radical (unpaired) electrons.